The lowest BCUT2D eigenvalue weighted by molar-refractivity contribution is 0.0790. The van der Waals surface area contributed by atoms with Crippen LogP contribution >= 0.6 is 11.6 Å². The van der Waals surface area contributed by atoms with E-state index < -0.39 is 10.0 Å². The van der Waals surface area contributed by atoms with Gasteiger partial charge in [0.1, 0.15) is 5.76 Å². The maximum atomic E-state index is 12.8. The minimum Gasteiger partial charge on any atom is -0.469 e. The minimum atomic E-state index is -3.63. The molecule has 1 saturated heterocycles. The van der Waals surface area contributed by atoms with Crippen molar-refractivity contribution in [3.8, 4) is 0 Å². The van der Waals surface area contributed by atoms with E-state index in [2.05, 4.69) is 0 Å². The lowest BCUT2D eigenvalue weighted by Crippen LogP contribution is -2.29. The van der Waals surface area contributed by atoms with Crippen LogP contribution in [-0.2, 0) is 10.0 Å². The highest BCUT2D eigenvalue weighted by molar-refractivity contribution is 7.89. The third-order valence-electron chi connectivity index (χ3n) is 4.37. The number of benzene rings is 1. The first-order valence-electron chi connectivity index (χ1n) is 7.85. The van der Waals surface area contributed by atoms with E-state index in [9.17, 15) is 13.2 Å². The van der Waals surface area contributed by atoms with Crippen LogP contribution < -0.4 is 0 Å². The van der Waals surface area contributed by atoms with E-state index in [1.807, 2.05) is 12.1 Å². The average molecular weight is 383 g/mol. The Balaban J connectivity index is 1.85. The molecule has 0 radical (unpaired) electrons. The Morgan fingerprint density at radius 2 is 2.08 bits per heavy atom. The van der Waals surface area contributed by atoms with Crippen molar-refractivity contribution in [2.75, 3.05) is 27.2 Å². The smallest absolute Gasteiger partial charge is 0.255 e. The van der Waals surface area contributed by atoms with Gasteiger partial charge in [0.15, 0.2) is 0 Å². The number of hydrogen-bond donors (Lipinski definition) is 0. The number of hydrogen-bond acceptors (Lipinski definition) is 4. The molecule has 1 atom stereocenters. The number of furan rings is 1. The molecule has 8 heteroatoms. The topological polar surface area (TPSA) is 70.8 Å². The van der Waals surface area contributed by atoms with Gasteiger partial charge in [0.25, 0.3) is 5.91 Å². The van der Waals surface area contributed by atoms with Crippen molar-refractivity contribution >= 4 is 27.5 Å². The van der Waals surface area contributed by atoms with Gasteiger partial charge in [-0.05, 0) is 36.8 Å². The third-order valence-corrected chi connectivity index (χ3v) is 6.51. The summed E-state index contributed by atoms with van der Waals surface area (Å²) in [6, 6.07) is 7.93. The molecule has 0 bridgehead atoms. The number of carbonyl (C=O) groups is 1. The molecule has 2 aromatic rings. The summed E-state index contributed by atoms with van der Waals surface area (Å²) in [5.41, 5.74) is 0.199. The third kappa shape index (κ3) is 3.44. The SMILES string of the molecule is CN(C)S(=O)(=O)c1ccc(Cl)c(C(=O)N2CCC(c3ccco3)C2)c1. The van der Waals surface area contributed by atoms with Crippen molar-refractivity contribution in [1.82, 2.24) is 9.21 Å². The van der Waals surface area contributed by atoms with Gasteiger partial charge < -0.3 is 9.32 Å². The predicted molar refractivity (Wildman–Crippen MR) is 94.3 cm³/mol. The Bertz CT molecular complexity index is 878. The zero-order chi connectivity index (χ0) is 18.2. The molecule has 25 heavy (non-hydrogen) atoms. The molecule has 1 aliphatic heterocycles. The van der Waals surface area contributed by atoms with E-state index in [-0.39, 0.29) is 27.3 Å². The summed E-state index contributed by atoms with van der Waals surface area (Å²) in [5, 5.41) is 0.240. The molecule has 0 saturated carbocycles. The largest absolute Gasteiger partial charge is 0.469 e. The molecule has 1 aliphatic rings. The van der Waals surface area contributed by atoms with E-state index in [1.54, 1.807) is 11.2 Å². The van der Waals surface area contributed by atoms with Crippen LogP contribution in [0.1, 0.15) is 28.5 Å². The molecule has 1 fully saturated rings. The first-order chi connectivity index (χ1) is 11.8. The monoisotopic (exact) mass is 382 g/mol. The van der Waals surface area contributed by atoms with Crippen LogP contribution in [0.25, 0.3) is 0 Å². The molecule has 1 amide bonds. The van der Waals surface area contributed by atoms with Gasteiger partial charge in [-0.3, -0.25) is 4.79 Å². The van der Waals surface area contributed by atoms with Crippen LogP contribution in [0.3, 0.4) is 0 Å². The van der Waals surface area contributed by atoms with Gasteiger partial charge in [-0.2, -0.15) is 0 Å². The van der Waals surface area contributed by atoms with E-state index in [0.717, 1.165) is 16.5 Å². The van der Waals surface area contributed by atoms with Crippen LogP contribution in [0.5, 0.6) is 0 Å². The van der Waals surface area contributed by atoms with Crippen LogP contribution in [0, 0.1) is 0 Å². The van der Waals surface area contributed by atoms with Crippen LogP contribution in [0.15, 0.2) is 45.9 Å². The van der Waals surface area contributed by atoms with Gasteiger partial charge in [0, 0.05) is 33.1 Å². The molecule has 2 heterocycles. The highest BCUT2D eigenvalue weighted by Crippen LogP contribution is 2.30. The van der Waals surface area contributed by atoms with Crippen molar-refractivity contribution in [1.29, 1.82) is 0 Å². The van der Waals surface area contributed by atoms with Gasteiger partial charge >= 0.3 is 0 Å². The molecule has 134 valence electrons. The van der Waals surface area contributed by atoms with E-state index >= 15 is 0 Å². The summed E-state index contributed by atoms with van der Waals surface area (Å²) in [5.74, 6) is 0.728. The van der Waals surface area contributed by atoms with Crippen molar-refractivity contribution in [2.24, 2.45) is 0 Å². The van der Waals surface area contributed by atoms with Crippen LogP contribution in [-0.4, -0.2) is 50.7 Å². The van der Waals surface area contributed by atoms with E-state index in [1.165, 1.54) is 32.3 Å². The standard InChI is InChI=1S/C17H19ClN2O4S/c1-19(2)25(22,23)13-5-6-15(18)14(10-13)17(21)20-8-7-12(11-20)16-4-3-9-24-16/h3-6,9-10,12H,7-8,11H2,1-2H3. The van der Waals surface area contributed by atoms with Crippen molar-refractivity contribution in [3.63, 3.8) is 0 Å². The van der Waals surface area contributed by atoms with Crippen LogP contribution in [0.4, 0.5) is 0 Å². The average Bonchev–Trinajstić information content (AvgIpc) is 3.25. The fourth-order valence-corrected chi connectivity index (χ4v) is 4.04. The zero-order valence-corrected chi connectivity index (χ0v) is 15.5. The number of sulfonamides is 1. The quantitative estimate of drug-likeness (QED) is 0.815. The second-order valence-electron chi connectivity index (χ2n) is 6.18. The summed E-state index contributed by atoms with van der Waals surface area (Å²) < 4.78 is 31.1. The molecular weight excluding hydrogens is 364 g/mol. The lowest BCUT2D eigenvalue weighted by atomic mass is 10.1. The molecule has 1 aromatic carbocycles. The summed E-state index contributed by atoms with van der Waals surface area (Å²) in [4.78, 5) is 14.6. The van der Waals surface area contributed by atoms with Gasteiger partial charge in [0.05, 0.1) is 21.7 Å². The normalized spacial score (nSPS) is 18.1. The molecule has 0 spiro atoms. The maximum absolute atomic E-state index is 12.8. The van der Waals surface area contributed by atoms with Gasteiger partial charge in [-0.1, -0.05) is 11.6 Å². The number of halogens is 1. The van der Waals surface area contributed by atoms with E-state index in [4.69, 9.17) is 16.0 Å². The van der Waals surface area contributed by atoms with Crippen molar-refractivity contribution < 1.29 is 17.6 Å². The predicted octanol–water partition coefficient (Wildman–Crippen LogP) is 2.81. The molecule has 6 nitrogen and oxygen atoms in total. The van der Waals surface area contributed by atoms with Crippen molar-refractivity contribution in [3.05, 3.63) is 52.9 Å². The number of nitrogens with zero attached hydrogens (tertiary/aromatic N) is 2. The second kappa shape index (κ2) is 6.82. The number of likely N-dealkylation sites (tertiary alicyclic amines) is 1. The van der Waals surface area contributed by atoms with Gasteiger partial charge in [-0.15, -0.1) is 0 Å². The number of rotatable bonds is 4. The van der Waals surface area contributed by atoms with E-state index in [0.29, 0.717) is 13.1 Å². The summed E-state index contributed by atoms with van der Waals surface area (Å²) in [6.07, 6.45) is 2.42. The fourth-order valence-electron chi connectivity index (χ4n) is 2.91. The molecule has 0 aliphatic carbocycles. The summed E-state index contributed by atoms with van der Waals surface area (Å²) >= 11 is 6.16. The molecule has 1 aromatic heterocycles. The Kier molecular flexibility index (Phi) is 4.90. The van der Waals surface area contributed by atoms with Crippen LogP contribution in [0.2, 0.25) is 5.02 Å². The summed E-state index contributed by atoms with van der Waals surface area (Å²) in [7, 11) is -0.742. The first-order valence-corrected chi connectivity index (χ1v) is 9.67. The number of carbonyl (C=O) groups excluding carboxylic acids is 1. The zero-order valence-electron chi connectivity index (χ0n) is 14.0. The Morgan fingerprint density at radius 1 is 1.32 bits per heavy atom. The first kappa shape index (κ1) is 18.0. The Morgan fingerprint density at radius 3 is 2.72 bits per heavy atom. The molecule has 3 rings (SSSR count). The van der Waals surface area contributed by atoms with Gasteiger partial charge in [-0.25, -0.2) is 12.7 Å². The Hall–Kier alpha value is -1.83. The maximum Gasteiger partial charge on any atom is 0.255 e. The Labute approximate surface area is 152 Å². The molecular formula is C17H19ClN2O4S. The highest BCUT2D eigenvalue weighted by atomic mass is 35.5. The molecule has 1 unspecified atom stereocenters. The fraction of sp³-hybridized carbons (Fsp3) is 0.353. The minimum absolute atomic E-state index is 0.0482. The number of amides is 1. The lowest BCUT2D eigenvalue weighted by Gasteiger charge is -2.18. The highest BCUT2D eigenvalue weighted by Gasteiger charge is 2.31. The summed E-state index contributed by atoms with van der Waals surface area (Å²) in [6.45, 7) is 1.10. The van der Waals surface area contributed by atoms with Gasteiger partial charge in [0.2, 0.25) is 10.0 Å². The molecule has 0 N–H and O–H groups in total. The van der Waals surface area contributed by atoms with Crippen molar-refractivity contribution in [2.45, 2.75) is 17.2 Å². The second-order valence-corrected chi connectivity index (χ2v) is 8.74.